The molecule has 0 spiro atoms. The van der Waals surface area contributed by atoms with Gasteiger partial charge >= 0.3 is 5.97 Å². The Hall–Kier alpha value is -1.55. The molecule has 0 radical (unpaired) electrons. The molecule has 1 saturated heterocycles. The Morgan fingerprint density at radius 3 is 2.95 bits per heavy atom. The summed E-state index contributed by atoms with van der Waals surface area (Å²) in [7, 11) is 1.62. The van der Waals surface area contributed by atoms with Gasteiger partial charge in [-0.05, 0) is 42.5 Å². The van der Waals surface area contributed by atoms with Crippen molar-refractivity contribution >= 4 is 5.97 Å². The summed E-state index contributed by atoms with van der Waals surface area (Å²) >= 11 is 0. The molecule has 1 aliphatic rings. The SMILES string of the molecule is COc1cccc(COC(=O)C2NCCCC2(C)C)c1. The Balaban J connectivity index is 1.94. The van der Waals surface area contributed by atoms with Gasteiger partial charge in [-0.2, -0.15) is 0 Å². The highest BCUT2D eigenvalue weighted by Crippen LogP contribution is 2.30. The fourth-order valence-electron chi connectivity index (χ4n) is 2.61. The van der Waals surface area contributed by atoms with Crippen molar-refractivity contribution in [1.82, 2.24) is 5.32 Å². The van der Waals surface area contributed by atoms with E-state index in [0.29, 0.717) is 0 Å². The molecule has 1 fully saturated rings. The van der Waals surface area contributed by atoms with Gasteiger partial charge in [0.25, 0.3) is 0 Å². The van der Waals surface area contributed by atoms with Gasteiger partial charge in [-0.25, -0.2) is 0 Å². The van der Waals surface area contributed by atoms with E-state index in [9.17, 15) is 4.79 Å². The van der Waals surface area contributed by atoms with Crippen LogP contribution >= 0.6 is 0 Å². The smallest absolute Gasteiger partial charge is 0.324 e. The summed E-state index contributed by atoms with van der Waals surface area (Å²) in [5.74, 6) is 0.604. The average Bonchev–Trinajstić information content (AvgIpc) is 2.44. The van der Waals surface area contributed by atoms with Crippen LogP contribution in [0.4, 0.5) is 0 Å². The maximum absolute atomic E-state index is 12.2. The van der Waals surface area contributed by atoms with Gasteiger partial charge in [-0.3, -0.25) is 4.79 Å². The minimum absolute atomic E-state index is 0.0519. The molecule has 1 unspecified atom stereocenters. The van der Waals surface area contributed by atoms with Crippen LogP contribution in [0, 0.1) is 5.41 Å². The Morgan fingerprint density at radius 1 is 1.45 bits per heavy atom. The molecule has 1 aromatic carbocycles. The van der Waals surface area contributed by atoms with Gasteiger partial charge in [0.1, 0.15) is 18.4 Å². The molecule has 4 heteroatoms. The summed E-state index contributed by atoms with van der Waals surface area (Å²) in [6.07, 6.45) is 2.14. The number of rotatable bonds is 4. The summed E-state index contributed by atoms with van der Waals surface area (Å²) in [4.78, 5) is 12.2. The predicted octanol–water partition coefficient (Wildman–Crippen LogP) is 2.52. The number of ether oxygens (including phenoxy) is 2. The number of piperidine rings is 1. The first kappa shape index (κ1) is 14.9. The number of carbonyl (C=O) groups excluding carboxylic acids is 1. The first-order chi connectivity index (χ1) is 9.53. The highest BCUT2D eigenvalue weighted by molar-refractivity contribution is 5.77. The zero-order valence-electron chi connectivity index (χ0n) is 12.4. The summed E-state index contributed by atoms with van der Waals surface area (Å²) in [6, 6.07) is 7.35. The van der Waals surface area contributed by atoms with E-state index in [2.05, 4.69) is 19.2 Å². The fourth-order valence-corrected chi connectivity index (χ4v) is 2.61. The lowest BCUT2D eigenvalue weighted by atomic mass is 9.77. The average molecular weight is 277 g/mol. The van der Waals surface area contributed by atoms with Crippen molar-refractivity contribution in [3.8, 4) is 5.75 Å². The molecule has 0 bridgehead atoms. The van der Waals surface area contributed by atoms with Crippen molar-refractivity contribution in [3.63, 3.8) is 0 Å². The van der Waals surface area contributed by atoms with Gasteiger partial charge < -0.3 is 14.8 Å². The van der Waals surface area contributed by atoms with Crippen LogP contribution in [0.5, 0.6) is 5.75 Å². The summed E-state index contributed by atoms with van der Waals surface area (Å²) in [5, 5.41) is 3.27. The number of carbonyl (C=O) groups is 1. The molecule has 1 aliphatic heterocycles. The van der Waals surface area contributed by atoms with E-state index in [4.69, 9.17) is 9.47 Å². The molecule has 1 aromatic rings. The van der Waals surface area contributed by atoms with Gasteiger partial charge in [0.15, 0.2) is 0 Å². The lowest BCUT2D eigenvalue weighted by Crippen LogP contribution is -2.52. The molecular formula is C16H23NO3. The largest absolute Gasteiger partial charge is 0.497 e. The molecule has 0 aliphatic carbocycles. The quantitative estimate of drug-likeness (QED) is 0.859. The lowest BCUT2D eigenvalue weighted by Gasteiger charge is -2.37. The van der Waals surface area contributed by atoms with Gasteiger partial charge in [-0.15, -0.1) is 0 Å². The first-order valence-corrected chi connectivity index (χ1v) is 7.06. The van der Waals surface area contributed by atoms with Crippen molar-refractivity contribution in [2.24, 2.45) is 5.41 Å². The monoisotopic (exact) mass is 277 g/mol. The second-order valence-electron chi connectivity index (χ2n) is 5.94. The molecule has 1 heterocycles. The van der Waals surface area contributed by atoms with E-state index in [-0.39, 0.29) is 24.0 Å². The van der Waals surface area contributed by atoms with Crippen molar-refractivity contribution in [1.29, 1.82) is 0 Å². The summed E-state index contributed by atoms with van der Waals surface area (Å²) in [5.41, 5.74) is 0.885. The van der Waals surface area contributed by atoms with Crippen LogP contribution in [-0.4, -0.2) is 25.7 Å². The van der Waals surface area contributed by atoms with Gasteiger partial charge in [-0.1, -0.05) is 26.0 Å². The fraction of sp³-hybridized carbons (Fsp3) is 0.562. The van der Waals surface area contributed by atoms with Crippen molar-refractivity contribution in [2.75, 3.05) is 13.7 Å². The number of methoxy groups -OCH3 is 1. The van der Waals surface area contributed by atoms with Gasteiger partial charge in [0, 0.05) is 0 Å². The third-order valence-corrected chi connectivity index (χ3v) is 3.88. The Labute approximate surface area is 120 Å². The van der Waals surface area contributed by atoms with Crippen molar-refractivity contribution in [2.45, 2.75) is 39.3 Å². The zero-order chi connectivity index (χ0) is 14.6. The number of benzene rings is 1. The third kappa shape index (κ3) is 3.51. The minimum atomic E-state index is -0.221. The minimum Gasteiger partial charge on any atom is -0.497 e. The third-order valence-electron chi connectivity index (χ3n) is 3.88. The number of hydrogen-bond acceptors (Lipinski definition) is 4. The molecule has 110 valence electrons. The standard InChI is InChI=1S/C16H23NO3/c1-16(2)8-5-9-17-14(16)15(18)20-11-12-6-4-7-13(10-12)19-3/h4,6-7,10,14,17H,5,8-9,11H2,1-3H3. The van der Waals surface area contributed by atoms with Crippen LogP contribution in [-0.2, 0) is 16.1 Å². The van der Waals surface area contributed by atoms with Crippen LogP contribution in [0.15, 0.2) is 24.3 Å². The maximum atomic E-state index is 12.2. The van der Waals surface area contributed by atoms with E-state index >= 15 is 0 Å². The van der Waals surface area contributed by atoms with Crippen LogP contribution in [0.3, 0.4) is 0 Å². The van der Waals surface area contributed by atoms with E-state index in [1.807, 2.05) is 24.3 Å². The second-order valence-corrected chi connectivity index (χ2v) is 5.94. The molecule has 1 N–H and O–H groups in total. The number of hydrogen-bond donors (Lipinski definition) is 1. The van der Waals surface area contributed by atoms with E-state index < -0.39 is 0 Å². The molecule has 1 atom stereocenters. The summed E-state index contributed by atoms with van der Waals surface area (Å²) in [6.45, 7) is 5.37. The molecule has 0 aromatic heterocycles. The molecule has 20 heavy (non-hydrogen) atoms. The molecule has 2 rings (SSSR count). The lowest BCUT2D eigenvalue weighted by molar-refractivity contribution is -0.151. The van der Waals surface area contributed by atoms with Gasteiger partial charge in [0.05, 0.1) is 7.11 Å². The zero-order valence-corrected chi connectivity index (χ0v) is 12.4. The highest BCUT2D eigenvalue weighted by Gasteiger charge is 2.38. The summed E-state index contributed by atoms with van der Waals surface area (Å²) < 4.78 is 10.6. The van der Waals surface area contributed by atoms with E-state index in [1.165, 1.54) is 0 Å². The topological polar surface area (TPSA) is 47.6 Å². The molecule has 0 saturated carbocycles. The highest BCUT2D eigenvalue weighted by atomic mass is 16.5. The van der Waals surface area contributed by atoms with Crippen molar-refractivity contribution in [3.05, 3.63) is 29.8 Å². The first-order valence-electron chi connectivity index (χ1n) is 7.06. The molecule has 4 nitrogen and oxygen atoms in total. The van der Waals surface area contributed by atoms with Crippen LogP contribution < -0.4 is 10.1 Å². The van der Waals surface area contributed by atoms with Crippen LogP contribution in [0.1, 0.15) is 32.3 Å². The van der Waals surface area contributed by atoms with Crippen LogP contribution in [0.25, 0.3) is 0 Å². The number of nitrogens with one attached hydrogen (secondary N) is 1. The number of esters is 1. The normalized spacial score (nSPS) is 21.2. The van der Waals surface area contributed by atoms with Gasteiger partial charge in [0.2, 0.25) is 0 Å². The predicted molar refractivity (Wildman–Crippen MR) is 77.6 cm³/mol. The Morgan fingerprint density at radius 2 is 2.25 bits per heavy atom. The van der Waals surface area contributed by atoms with Crippen molar-refractivity contribution < 1.29 is 14.3 Å². The van der Waals surface area contributed by atoms with E-state index in [0.717, 1.165) is 30.7 Å². The van der Waals surface area contributed by atoms with E-state index in [1.54, 1.807) is 7.11 Å². The second kappa shape index (κ2) is 6.27. The molecule has 0 amide bonds. The molecular weight excluding hydrogens is 254 g/mol. The maximum Gasteiger partial charge on any atom is 0.324 e. The Kier molecular flexibility index (Phi) is 4.65. The van der Waals surface area contributed by atoms with Crippen LogP contribution in [0.2, 0.25) is 0 Å². The Bertz CT molecular complexity index is 471.